The number of carbonyl (C=O) groups excluding carboxylic acids is 1. The molecule has 0 bridgehead atoms. The molecule has 1 aromatic rings. The van der Waals surface area contributed by atoms with Crippen molar-refractivity contribution in [2.24, 2.45) is 0 Å². The minimum atomic E-state index is -1.25. The van der Waals surface area contributed by atoms with Gasteiger partial charge in [-0.15, -0.1) is 0 Å². The summed E-state index contributed by atoms with van der Waals surface area (Å²) in [5, 5.41) is 17.3. The monoisotopic (exact) mass is 269 g/mol. The number of amides is 1. The maximum absolute atomic E-state index is 11.9. The summed E-state index contributed by atoms with van der Waals surface area (Å²) in [6.45, 7) is 0.474. The molecule has 0 aliphatic carbocycles. The molecule has 1 aromatic heterocycles. The Bertz CT molecular complexity index is 466. The molecule has 0 saturated carbocycles. The molecule has 104 valence electrons. The summed E-state index contributed by atoms with van der Waals surface area (Å²) in [6, 6.07) is 0. The maximum Gasteiger partial charge on any atom is 0.323 e. The normalized spacial score (nSPS) is 10.2. The van der Waals surface area contributed by atoms with Gasteiger partial charge in [0.05, 0.1) is 0 Å². The van der Waals surface area contributed by atoms with E-state index >= 15 is 0 Å². The zero-order valence-electron chi connectivity index (χ0n) is 10.4. The van der Waals surface area contributed by atoms with Crippen molar-refractivity contribution in [3.05, 3.63) is 18.2 Å². The Kier molecular flexibility index (Phi) is 5.04. The third kappa shape index (κ3) is 4.41. The quantitative estimate of drug-likeness (QED) is 0.686. The Hall–Kier alpha value is -2.38. The van der Waals surface area contributed by atoms with Gasteiger partial charge in [-0.1, -0.05) is 6.92 Å². The van der Waals surface area contributed by atoms with Gasteiger partial charge in [0.1, 0.15) is 25.5 Å². The molecule has 8 nitrogen and oxygen atoms in total. The molecule has 0 aliphatic heterocycles. The molecule has 1 heterocycles. The molecule has 1 rings (SSSR count). The number of carboxylic acids is 2. The fourth-order valence-corrected chi connectivity index (χ4v) is 1.60. The van der Waals surface area contributed by atoms with Crippen LogP contribution in [0.5, 0.6) is 0 Å². The number of aromatic nitrogens is 2. The Morgan fingerprint density at radius 2 is 1.84 bits per heavy atom. The largest absolute Gasteiger partial charge is 0.480 e. The average Bonchev–Trinajstić information content (AvgIpc) is 2.74. The lowest BCUT2D eigenvalue weighted by molar-refractivity contribution is -0.149. The summed E-state index contributed by atoms with van der Waals surface area (Å²) in [7, 11) is 0. The van der Waals surface area contributed by atoms with Gasteiger partial charge in [-0.2, -0.15) is 0 Å². The molecule has 19 heavy (non-hydrogen) atoms. The zero-order valence-corrected chi connectivity index (χ0v) is 10.4. The first-order chi connectivity index (χ1) is 8.93. The second-order valence-corrected chi connectivity index (χ2v) is 3.86. The lowest BCUT2D eigenvalue weighted by Gasteiger charge is -2.19. The van der Waals surface area contributed by atoms with Crippen molar-refractivity contribution in [2.75, 3.05) is 13.1 Å². The molecule has 0 fully saturated rings. The summed E-state index contributed by atoms with van der Waals surface area (Å²) < 4.78 is 1.57. The van der Waals surface area contributed by atoms with Crippen molar-refractivity contribution >= 4 is 17.8 Å². The summed E-state index contributed by atoms with van der Waals surface area (Å²) in [4.78, 5) is 37.9. The number of nitrogens with zero attached hydrogens (tertiary/aromatic N) is 3. The van der Waals surface area contributed by atoms with E-state index in [9.17, 15) is 14.4 Å². The van der Waals surface area contributed by atoms with Crippen molar-refractivity contribution in [3.63, 3.8) is 0 Å². The summed E-state index contributed by atoms with van der Waals surface area (Å²) in [6.07, 6.45) is 3.75. The minimum absolute atomic E-state index is 0.121. The molecule has 0 spiro atoms. The van der Waals surface area contributed by atoms with Crippen LogP contribution < -0.4 is 0 Å². The number of aryl methyl sites for hydroxylation is 1. The van der Waals surface area contributed by atoms with Crippen LogP contribution in [-0.4, -0.2) is 55.6 Å². The van der Waals surface area contributed by atoms with Gasteiger partial charge in [0.15, 0.2) is 0 Å². The van der Waals surface area contributed by atoms with Crippen LogP contribution in [0.4, 0.5) is 0 Å². The van der Waals surface area contributed by atoms with Crippen LogP contribution in [0.15, 0.2) is 12.4 Å². The van der Waals surface area contributed by atoms with Crippen molar-refractivity contribution < 1.29 is 24.6 Å². The van der Waals surface area contributed by atoms with E-state index in [1.165, 1.54) is 6.20 Å². The lowest BCUT2D eigenvalue weighted by Crippen LogP contribution is -2.41. The number of imidazole rings is 1. The van der Waals surface area contributed by atoms with Crippen LogP contribution in [0.1, 0.15) is 12.7 Å². The van der Waals surface area contributed by atoms with Crippen molar-refractivity contribution in [3.8, 4) is 0 Å². The van der Waals surface area contributed by atoms with Gasteiger partial charge in [-0.25, -0.2) is 4.98 Å². The number of hydrogen-bond acceptors (Lipinski definition) is 4. The van der Waals surface area contributed by atoms with E-state index in [-0.39, 0.29) is 6.54 Å². The first kappa shape index (κ1) is 14.7. The Balaban J connectivity index is 2.76. The molecule has 1 amide bonds. The molecular formula is C11H15N3O5. The predicted molar refractivity (Wildman–Crippen MR) is 63.5 cm³/mol. The van der Waals surface area contributed by atoms with E-state index in [1.807, 2.05) is 6.92 Å². The van der Waals surface area contributed by atoms with Gasteiger partial charge in [0, 0.05) is 18.8 Å². The molecule has 2 N–H and O–H groups in total. The SMILES string of the molecule is CCc1nccn1CC(=O)N(CC(=O)O)CC(=O)O. The van der Waals surface area contributed by atoms with E-state index in [0.29, 0.717) is 12.2 Å². The fourth-order valence-electron chi connectivity index (χ4n) is 1.60. The van der Waals surface area contributed by atoms with Gasteiger partial charge in [-0.3, -0.25) is 14.4 Å². The zero-order chi connectivity index (χ0) is 14.4. The molecule has 0 radical (unpaired) electrons. The predicted octanol–water partition coefficient (Wildman–Crippen LogP) is -0.557. The number of carboxylic acid groups (broad SMARTS) is 2. The molecule has 0 atom stereocenters. The highest BCUT2D eigenvalue weighted by atomic mass is 16.4. The minimum Gasteiger partial charge on any atom is -0.480 e. The van der Waals surface area contributed by atoms with Crippen LogP contribution in [0.2, 0.25) is 0 Å². The first-order valence-corrected chi connectivity index (χ1v) is 5.65. The van der Waals surface area contributed by atoms with E-state index in [1.54, 1.807) is 10.8 Å². The Morgan fingerprint density at radius 3 is 2.32 bits per heavy atom. The van der Waals surface area contributed by atoms with Crippen molar-refractivity contribution in [1.29, 1.82) is 0 Å². The Labute approximate surface area is 109 Å². The lowest BCUT2D eigenvalue weighted by atomic mass is 10.4. The number of carbonyl (C=O) groups is 3. The van der Waals surface area contributed by atoms with Crippen LogP contribution in [0, 0.1) is 0 Å². The highest BCUT2D eigenvalue weighted by Gasteiger charge is 2.20. The van der Waals surface area contributed by atoms with Gasteiger partial charge in [0.2, 0.25) is 5.91 Å². The molecule has 0 unspecified atom stereocenters. The van der Waals surface area contributed by atoms with Gasteiger partial charge in [-0.05, 0) is 0 Å². The number of aliphatic carboxylic acids is 2. The van der Waals surface area contributed by atoms with Crippen molar-refractivity contribution in [2.45, 2.75) is 19.9 Å². The summed E-state index contributed by atoms with van der Waals surface area (Å²) in [5.41, 5.74) is 0. The van der Waals surface area contributed by atoms with Crippen LogP contribution >= 0.6 is 0 Å². The smallest absolute Gasteiger partial charge is 0.323 e. The van der Waals surface area contributed by atoms with E-state index in [4.69, 9.17) is 10.2 Å². The van der Waals surface area contributed by atoms with Crippen LogP contribution in [0.3, 0.4) is 0 Å². The van der Waals surface area contributed by atoms with Crippen molar-refractivity contribution in [1.82, 2.24) is 14.5 Å². The fraction of sp³-hybridized carbons (Fsp3) is 0.455. The Morgan fingerprint density at radius 1 is 1.26 bits per heavy atom. The molecule has 0 aliphatic rings. The summed E-state index contributed by atoms with van der Waals surface area (Å²) >= 11 is 0. The third-order valence-electron chi connectivity index (χ3n) is 2.43. The highest BCUT2D eigenvalue weighted by Crippen LogP contribution is 2.01. The second-order valence-electron chi connectivity index (χ2n) is 3.86. The number of hydrogen-bond donors (Lipinski definition) is 2. The summed E-state index contributed by atoms with van der Waals surface area (Å²) in [5.74, 6) is -2.40. The highest BCUT2D eigenvalue weighted by molar-refractivity contribution is 5.85. The molecule has 0 aromatic carbocycles. The van der Waals surface area contributed by atoms with Gasteiger partial charge in [0.25, 0.3) is 0 Å². The molecule has 0 saturated heterocycles. The van der Waals surface area contributed by atoms with Crippen LogP contribution in [-0.2, 0) is 27.3 Å². The average molecular weight is 269 g/mol. The van der Waals surface area contributed by atoms with Gasteiger partial charge < -0.3 is 19.7 Å². The second kappa shape index (κ2) is 6.53. The topological polar surface area (TPSA) is 113 Å². The first-order valence-electron chi connectivity index (χ1n) is 5.65. The van der Waals surface area contributed by atoms with E-state index < -0.39 is 30.9 Å². The van der Waals surface area contributed by atoms with E-state index in [0.717, 1.165) is 4.90 Å². The molecular weight excluding hydrogens is 254 g/mol. The van der Waals surface area contributed by atoms with Crippen LogP contribution in [0.25, 0.3) is 0 Å². The maximum atomic E-state index is 11.9. The van der Waals surface area contributed by atoms with E-state index in [2.05, 4.69) is 4.98 Å². The van der Waals surface area contributed by atoms with Gasteiger partial charge >= 0.3 is 11.9 Å². The third-order valence-corrected chi connectivity index (χ3v) is 2.43. The number of rotatable bonds is 7. The standard InChI is InChI=1S/C11H15N3O5/c1-2-8-12-3-4-13(8)5-9(15)14(6-10(16)17)7-11(18)19/h3-4H,2,5-7H2,1H3,(H,16,17)(H,18,19). The molecule has 8 heteroatoms.